The standard InChI is InChI=1S/C19H30O2Si/c1-16(15-20)18(21-22(5,6)19(2,3)4)14-10-13-17-11-8-7-9-12-17/h7-12,14-16,18H,13H2,1-6H3/b14-10+/t16-,18-/m0/s1. The Morgan fingerprint density at radius 2 is 1.77 bits per heavy atom. The first-order chi connectivity index (χ1) is 10.2. The number of aldehydes is 1. The van der Waals surface area contributed by atoms with Crippen LogP contribution in [0, 0.1) is 5.92 Å². The van der Waals surface area contributed by atoms with Crippen molar-refractivity contribution in [1.29, 1.82) is 0 Å². The van der Waals surface area contributed by atoms with E-state index in [1.165, 1.54) is 5.56 Å². The summed E-state index contributed by atoms with van der Waals surface area (Å²) in [6.45, 7) is 13.0. The normalized spacial score (nSPS) is 15.7. The van der Waals surface area contributed by atoms with Crippen LogP contribution in [0.25, 0.3) is 0 Å². The van der Waals surface area contributed by atoms with Gasteiger partial charge in [0, 0.05) is 5.92 Å². The molecule has 1 aromatic carbocycles. The van der Waals surface area contributed by atoms with Crippen LogP contribution in [0.2, 0.25) is 18.1 Å². The first kappa shape index (κ1) is 18.9. The summed E-state index contributed by atoms with van der Waals surface area (Å²) < 4.78 is 6.41. The summed E-state index contributed by atoms with van der Waals surface area (Å²) in [5.74, 6) is -0.124. The maximum Gasteiger partial charge on any atom is 0.192 e. The highest BCUT2D eigenvalue weighted by atomic mass is 28.4. The molecule has 1 rings (SSSR count). The maximum absolute atomic E-state index is 11.2. The minimum Gasteiger partial charge on any atom is -0.410 e. The van der Waals surface area contributed by atoms with Crippen LogP contribution in [0.1, 0.15) is 33.3 Å². The Balaban J connectivity index is 2.79. The molecule has 0 radical (unpaired) electrons. The third-order valence-electron chi connectivity index (χ3n) is 4.49. The highest BCUT2D eigenvalue weighted by molar-refractivity contribution is 6.74. The van der Waals surface area contributed by atoms with Gasteiger partial charge in [-0.2, -0.15) is 0 Å². The molecule has 3 heteroatoms. The highest BCUT2D eigenvalue weighted by Crippen LogP contribution is 2.38. The molecule has 0 spiro atoms. The van der Waals surface area contributed by atoms with E-state index < -0.39 is 8.32 Å². The Labute approximate surface area is 136 Å². The van der Waals surface area contributed by atoms with Gasteiger partial charge in [0.15, 0.2) is 8.32 Å². The van der Waals surface area contributed by atoms with Gasteiger partial charge in [-0.05, 0) is 30.1 Å². The molecule has 0 saturated carbocycles. The van der Waals surface area contributed by atoms with Gasteiger partial charge in [0.2, 0.25) is 0 Å². The van der Waals surface area contributed by atoms with Crippen molar-refractivity contribution in [1.82, 2.24) is 0 Å². The van der Waals surface area contributed by atoms with Crippen LogP contribution in [0.4, 0.5) is 0 Å². The molecule has 2 nitrogen and oxygen atoms in total. The van der Waals surface area contributed by atoms with Gasteiger partial charge in [0.25, 0.3) is 0 Å². The van der Waals surface area contributed by atoms with Gasteiger partial charge in [0.05, 0.1) is 6.10 Å². The van der Waals surface area contributed by atoms with E-state index in [1.807, 2.05) is 25.1 Å². The van der Waals surface area contributed by atoms with Crippen molar-refractivity contribution in [3.63, 3.8) is 0 Å². The summed E-state index contributed by atoms with van der Waals surface area (Å²) in [5, 5.41) is 0.140. The molecule has 0 aliphatic heterocycles. The summed E-state index contributed by atoms with van der Waals surface area (Å²) in [4.78, 5) is 11.2. The molecule has 0 bridgehead atoms. The Kier molecular flexibility index (Phi) is 6.76. The lowest BCUT2D eigenvalue weighted by Gasteiger charge is -2.39. The van der Waals surface area contributed by atoms with E-state index in [0.717, 1.165) is 12.7 Å². The molecule has 0 unspecified atom stereocenters. The third-order valence-corrected chi connectivity index (χ3v) is 8.97. The number of carbonyl (C=O) groups excluding carboxylic acids is 1. The van der Waals surface area contributed by atoms with Crippen molar-refractivity contribution in [3.05, 3.63) is 48.0 Å². The van der Waals surface area contributed by atoms with E-state index in [2.05, 4.69) is 58.2 Å². The largest absolute Gasteiger partial charge is 0.410 e. The molecule has 2 atom stereocenters. The quantitative estimate of drug-likeness (QED) is 0.401. The van der Waals surface area contributed by atoms with Crippen molar-refractivity contribution in [2.75, 3.05) is 0 Å². The zero-order valence-corrected chi connectivity index (χ0v) is 15.8. The second kappa shape index (κ2) is 7.89. The minimum atomic E-state index is -1.89. The van der Waals surface area contributed by atoms with Crippen molar-refractivity contribution < 1.29 is 9.22 Å². The molecule has 0 aliphatic rings. The van der Waals surface area contributed by atoms with Gasteiger partial charge < -0.3 is 9.22 Å². The van der Waals surface area contributed by atoms with Crippen LogP contribution in [0.5, 0.6) is 0 Å². The predicted molar refractivity (Wildman–Crippen MR) is 96.6 cm³/mol. The molecule has 22 heavy (non-hydrogen) atoms. The fourth-order valence-corrected chi connectivity index (χ4v) is 3.20. The van der Waals surface area contributed by atoms with E-state index in [1.54, 1.807) is 0 Å². The Hall–Kier alpha value is -1.19. The first-order valence-corrected chi connectivity index (χ1v) is 10.9. The molecule has 0 aromatic heterocycles. The van der Waals surface area contributed by atoms with Gasteiger partial charge in [-0.25, -0.2) is 0 Å². The van der Waals surface area contributed by atoms with Crippen LogP contribution in [0.15, 0.2) is 42.5 Å². The molecular formula is C19H30O2Si. The zero-order valence-electron chi connectivity index (χ0n) is 14.8. The molecule has 0 fully saturated rings. The van der Waals surface area contributed by atoms with E-state index >= 15 is 0 Å². The zero-order chi connectivity index (χ0) is 16.8. The second-order valence-electron chi connectivity index (χ2n) is 7.46. The van der Waals surface area contributed by atoms with Crippen LogP contribution in [0.3, 0.4) is 0 Å². The molecule has 1 aromatic rings. The third kappa shape index (κ3) is 5.54. The monoisotopic (exact) mass is 318 g/mol. The lowest BCUT2D eigenvalue weighted by molar-refractivity contribution is -0.112. The van der Waals surface area contributed by atoms with Crippen LogP contribution in [-0.2, 0) is 15.6 Å². The second-order valence-corrected chi connectivity index (χ2v) is 12.2. The fraction of sp³-hybridized carbons (Fsp3) is 0.526. The summed E-state index contributed by atoms with van der Waals surface area (Å²) in [6.07, 6.45) is 5.90. The number of allylic oxidation sites excluding steroid dienone is 1. The molecule has 0 amide bonds. The smallest absolute Gasteiger partial charge is 0.192 e. The molecule has 0 saturated heterocycles. The van der Waals surface area contributed by atoms with E-state index in [4.69, 9.17) is 4.43 Å². The molecule has 0 N–H and O–H groups in total. The lowest BCUT2D eigenvalue weighted by atomic mass is 10.1. The number of hydrogen-bond donors (Lipinski definition) is 0. The molecule has 122 valence electrons. The summed E-state index contributed by atoms with van der Waals surface area (Å²) in [7, 11) is -1.89. The Bertz CT molecular complexity index is 486. The number of benzene rings is 1. The summed E-state index contributed by atoms with van der Waals surface area (Å²) in [6, 6.07) is 10.3. The number of rotatable bonds is 7. The van der Waals surface area contributed by atoms with Crippen molar-refractivity contribution in [2.45, 2.75) is 58.4 Å². The molecule has 0 aliphatic carbocycles. The minimum absolute atomic E-state index is 0.124. The van der Waals surface area contributed by atoms with Crippen molar-refractivity contribution >= 4 is 14.6 Å². The fourth-order valence-electron chi connectivity index (χ4n) is 1.87. The van der Waals surface area contributed by atoms with E-state index in [0.29, 0.717) is 0 Å². The van der Waals surface area contributed by atoms with Gasteiger partial charge in [0.1, 0.15) is 6.29 Å². The number of carbonyl (C=O) groups is 1. The van der Waals surface area contributed by atoms with Crippen molar-refractivity contribution in [3.8, 4) is 0 Å². The van der Waals surface area contributed by atoms with Gasteiger partial charge >= 0.3 is 0 Å². The maximum atomic E-state index is 11.2. The van der Waals surface area contributed by atoms with Crippen LogP contribution < -0.4 is 0 Å². The SMILES string of the molecule is C[C@@H](C=O)[C@H](/C=C/Cc1ccccc1)O[Si](C)(C)C(C)(C)C. The number of hydrogen-bond acceptors (Lipinski definition) is 2. The first-order valence-electron chi connectivity index (χ1n) is 8.01. The van der Waals surface area contributed by atoms with Crippen LogP contribution >= 0.6 is 0 Å². The summed E-state index contributed by atoms with van der Waals surface area (Å²) >= 11 is 0. The van der Waals surface area contributed by atoms with Crippen molar-refractivity contribution in [2.24, 2.45) is 5.92 Å². The van der Waals surface area contributed by atoms with Gasteiger partial charge in [-0.15, -0.1) is 0 Å². The van der Waals surface area contributed by atoms with E-state index in [-0.39, 0.29) is 17.1 Å². The highest BCUT2D eigenvalue weighted by Gasteiger charge is 2.39. The molecule has 0 heterocycles. The average Bonchev–Trinajstić information content (AvgIpc) is 2.45. The topological polar surface area (TPSA) is 26.3 Å². The molecular weight excluding hydrogens is 288 g/mol. The predicted octanol–water partition coefficient (Wildman–Crippen LogP) is 5.01. The van der Waals surface area contributed by atoms with Gasteiger partial charge in [-0.1, -0.05) is 70.2 Å². The Morgan fingerprint density at radius 1 is 1.18 bits per heavy atom. The summed E-state index contributed by atoms with van der Waals surface area (Å²) in [5.41, 5.74) is 1.27. The Morgan fingerprint density at radius 3 is 2.27 bits per heavy atom. The van der Waals surface area contributed by atoms with Crippen LogP contribution in [-0.4, -0.2) is 20.7 Å². The van der Waals surface area contributed by atoms with Gasteiger partial charge in [-0.3, -0.25) is 0 Å². The average molecular weight is 319 g/mol. The van der Waals surface area contributed by atoms with E-state index in [9.17, 15) is 4.79 Å². The lowest BCUT2D eigenvalue weighted by Crippen LogP contribution is -2.45.